The van der Waals surface area contributed by atoms with Crippen molar-refractivity contribution in [3.8, 4) is 0 Å². The first-order valence-corrected chi connectivity index (χ1v) is 10.6. The quantitative estimate of drug-likeness (QED) is 0.727. The van der Waals surface area contributed by atoms with E-state index in [1.165, 1.54) is 6.33 Å². The highest BCUT2D eigenvalue weighted by molar-refractivity contribution is 7.48. The molecule has 0 bridgehead atoms. The normalized spacial score (nSPS) is 36.0. The lowest BCUT2D eigenvalue weighted by molar-refractivity contribution is -0.0630. The highest BCUT2D eigenvalue weighted by Crippen LogP contribution is 2.59. The molecule has 2 aromatic rings. The van der Waals surface area contributed by atoms with Crippen LogP contribution in [0.5, 0.6) is 0 Å². The van der Waals surface area contributed by atoms with Crippen LogP contribution >= 0.6 is 7.82 Å². The van der Waals surface area contributed by atoms with Gasteiger partial charge in [-0.25, -0.2) is 14.1 Å². The Morgan fingerprint density at radius 1 is 1.43 bits per heavy atom. The number of nitrogens with two attached hydrogens (primary N) is 2. The van der Waals surface area contributed by atoms with E-state index in [-0.39, 0.29) is 18.6 Å². The predicted molar refractivity (Wildman–Crippen MR) is 101 cm³/mol. The van der Waals surface area contributed by atoms with Crippen LogP contribution in [0.3, 0.4) is 0 Å². The molecule has 2 aromatic heterocycles. The number of hydrogen-bond acceptors (Lipinski definition) is 9. The molecular formula is C17H26N5O5P. The Bertz CT molecular complexity index is 940. The number of anilines is 1. The summed E-state index contributed by atoms with van der Waals surface area (Å²) < 4.78 is 37.4. The first kappa shape index (κ1) is 19.8. The topological polar surface area (TPSA) is 136 Å². The summed E-state index contributed by atoms with van der Waals surface area (Å²) in [5.74, 6) is 0.357. The van der Waals surface area contributed by atoms with Gasteiger partial charge in [0, 0.05) is 0 Å². The number of fused-ring (bicyclic) bond motifs is 2. The van der Waals surface area contributed by atoms with Gasteiger partial charge in [0.05, 0.1) is 24.4 Å². The van der Waals surface area contributed by atoms with Crippen LogP contribution in [0, 0.1) is 5.41 Å². The van der Waals surface area contributed by atoms with Gasteiger partial charge in [0.2, 0.25) is 0 Å². The lowest BCUT2D eigenvalue weighted by atomic mass is 9.88. The van der Waals surface area contributed by atoms with E-state index in [4.69, 9.17) is 29.8 Å². The van der Waals surface area contributed by atoms with Crippen molar-refractivity contribution < 1.29 is 22.9 Å². The Kier molecular flexibility index (Phi) is 4.57. The van der Waals surface area contributed by atoms with Gasteiger partial charge in [-0.05, 0) is 24.5 Å². The predicted octanol–water partition coefficient (Wildman–Crippen LogP) is 2.05. The second kappa shape index (κ2) is 6.48. The zero-order chi connectivity index (χ0) is 20.3. The van der Waals surface area contributed by atoms with Gasteiger partial charge in [-0.1, -0.05) is 20.8 Å². The highest BCUT2D eigenvalue weighted by atomic mass is 31.2. The summed E-state index contributed by atoms with van der Waals surface area (Å²) in [6.45, 7) is 8.01. The molecule has 2 fully saturated rings. The van der Waals surface area contributed by atoms with Crippen LogP contribution in [0.25, 0.3) is 5.52 Å². The lowest BCUT2D eigenvalue weighted by Gasteiger charge is -2.36. The minimum atomic E-state index is -3.73. The van der Waals surface area contributed by atoms with Crippen molar-refractivity contribution in [1.82, 2.24) is 14.6 Å². The molecule has 0 amide bonds. The average molecular weight is 411 g/mol. The number of hydrogen-bond donors (Lipinski definition) is 2. The molecule has 0 radical (unpaired) electrons. The third-order valence-electron chi connectivity index (χ3n) is 4.90. The highest BCUT2D eigenvalue weighted by Gasteiger charge is 2.59. The Balaban J connectivity index is 1.61. The molecule has 154 valence electrons. The van der Waals surface area contributed by atoms with Crippen molar-refractivity contribution in [2.45, 2.75) is 51.5 Å². The van der Waals surface area contributed by atoms with Gasteiger partial charge in [-0.3, -0.25) is 13.6 Å². The van der Waals surface area contributed by atoms with Crippen molar-refractivity contribution in [3.05, 3.63) is 24.2 Å². The van der Waals surface area contributed by atoms with Crippen LogP contribution in [0.1, 0.15) is 39.5 Å². The Morgan fingerprint density at radius 2 is 2.18 bits per heavy atom. The monoisotopic (exact) mass is 411 g/mol. The van der Waals surface area contributed by atoms with E-state index in [1.54, 1.807) is 17.5 Å². The summed E-state index contributed by atoms with van der Waals surface area (Å²) in [6, 6.07) is 3.64. The van der Waals surface area contributed by atoms with Gasteiger partial charge in [-0.15, -0.1) is 0 Å². The molecule has 5 atom stereocenters. The second-order valence-electron chi connectivity index (χ2n) is 8.72. The molecule has 4 rings (SSSR count). The van der Waals surface area contributed by atoms with Crippen LogP contribution in [0.15, 0.2) is 18.5 Å². The molecule has 28 heavy (non-hydrogen) atoms. The maximum atomic E-state index is 12.9. The molecule has 0 saturated carbocycles. The van der Waals surface area contributed by atoms with Crippen LogP contribution < -0.4 is 11.5 Å². The van der Waals surface area contributed by atoms with Crippen molar-refractivity contribution in [2.24, 2.45) is 11.1 Å². The van der Waals surface area contributed by atoms with Crippen molar-refractivity contribution in [3.63, 3.8) is 0 Å². The summed E-state index contributed by atoms with van der Waals surface area (Å²) >= 11 is 0. The van der Waals surface area contributed by atoms with Gasteiger partial charge in [0.25, 0.3) is 0 Å². The molecule has 0 aromatic carbocycles. The van der Waals surface area contributed by atoms with E-state index in [2.05, 4.69) is 10.1 Å². The third kappa shape index (κ3) is 3.34. The fraction of sp³-hybridized carbons (Fsp3) is 0.647. The standard InChI is InChI=1S/C17H26N5O5P/c1-16(2,3)8-25-28(23)24-7-12-14(27-28)17(4,19)13(26-12)10-5-6-11-15(18)20-9-21-22(10)11/h5-6,9,12-14H,7-8,19H2,1-4H3,(H2,18,20,21)/t12-,13-,14-,17+,28-/m1/s1. The van der Waals surface area contributed by atoms with E-state index < -0.39 is 31.7 Å². The minimum Gasteiger partial charge on any atom is -0.382 e. The number of aromatic nitrogens is 3. The van der Waals surface area contributed by atoms with Gasteiger partial charge >= 0.3 is 7.82 Å². The van der Waals surface area contributed by atoms with E-state index in [0.717, 1.165) is 0 Å². The molecule has 10 nitrogen and oxygen atoms in total. The maximum Gasteiger partial charge on any atom is 0.475 e. The van der Waals surface area contributed by atoms with Gasteiger partial charge < -0.3 is 16.2 Å². The molecule has 0 unspecified atom stereocenters. The number of rotatable bonds is 3. The van der Waals surface area contributed by atoms with Crippen LogP contribution in [0.4, 0.5) is 5.82 Å². The van der Waals surface area contributed by atoms with Crippen molar-refractivity contribution >= 4 is 19.2 Å². The molecule has 4 N–H and O–H groups in total. The van der Waals surface area contributed by atoms with Crippen molar-refractivity contribution in [2.75, 3.05) is 18.9 Å². The number of nitrogens with zero attached hydrogens (tertiary/aromatic N) is 3. The average Bonchev–Trinajstić information content (AvgIpc) is 3.13. The molecule has 4 heterocycles. The zero-order valence-corrected chi connectivity index (χ0v) is 17.3. The zero-order valence-electron chi connectivity index (χ0n) is 16.4. The van der Waals surface area contributed by atoms with E-state index in [9.17, 15) is 4.57 Å². The Hall–Kier alpha value is -1.55. The van der Waals surface area contributed by atoms with E-state index in [0.29, 0.717) is 17.0 Å². The fourth-order valence-corrected chi connectivity index (χ4v) is 5.20. The largest absolute Gasteiger partial charge is 0.475 e. The van der Waals surface area contributed by atoms with Gasteiger partial charge in [-0.2, -0.15) is 5.10 Å². The number of phosphoric ester groups is 1. The number of ether oxygens (including phenoxy) is 1. The summed E-state index contributed by atoms with van der Waals surface area (Å²) in [7, 11) is -3.73. The SMILES string of the molecule is CC(C)(C)CO[P@@]1(=O)OC[C@H]2O[C@H](c3ccc4c(N)ncnn34)[C@](C)(N)[C@@H]2O1. The van der Waals surface area contributed by atoms with Crippen molar-refractivity contribution in [1.29, 1.82) is 0 Å². The third-order valence-corrected chi connectivity index (χ3v) is 6.30. The molecule has 2 aliphatic heterocycles. The second-order valence-corrected chi connectivity index (χ2v) is 10.3. The van der Waals surface area contributed by atoms with Crippen LogP contribution in [-0.2, 0) is 22.9 Å². The Labute approximate surface area is 163 Å². The first-order chi connectivity index (χ1) is 13.0. The molecule has 2 saturated heterocycles. The lowest BCUT2D eigenvalue weighted by Crippen LogP contribution is -2.53. The molecule has 0 spiro atoms. The molecule has 0 aliphatic carbocycles. The van der Waals surface area contributed by atoms with Crippen LogP contribution in [-0.4, -0.2) is 45.6 Å². The van der Waals surface area contributed by atoms with E-state index >= 15 is 0 Å². The summed E-state index contributed by atoms with van der Waals surface area (Å²) in [4.78, 5) is 3.99. The number of phosphoric acid groups is 1. The summed E-state index contributed by atoms with van der Waals surface area (Å²) in [5, 5.41) is 4.25. The smallest absolute Gasteiger partial charge is 0.382 e. The fourth-order valence-electron chi connectivity index (χ4n) is 3.49. The Morgan fingerprint density at radius 3 is 2.89 bits per heavy atom. The summed E-state index contributed by atoms with van der Waals surface area (Å²) in [6.07, 6.45) is -0.348. The van der Waals surface area contributed by atoms with Gasteiger partial charge in [0.15, 0.2) is 5.82 Å². The maximum absolute atomic E-state index is 12.9. The number of nitrogen functional groups attached to an aromatic ring is 1. The van der Waals surface area contributed by atoms with Crippen LogP contribution in [0.2, 0.25) is 0 Å². The van der Waals surface area contributed by atoms with Gasteiger partial charge in [0.1, 0.15) is 30.2 Å². The first-order valence-electron chi connectivity index (χ1n) is 9.10. The molecule has 2 aliphatic rings. The van der Waals surface area contributed by atoms with E-state index in [1.807, 2.05) is 26.8 Å². The molecule has 11 heteroatoms. The molecular weight excluding hydrogens is 385 g/mol. The summed E-state index contributed by atoms with van der Waals surface area (Å²) in [5.41, 5.74) is 12.7. The minimum absolute atomic E-state index is 0.0653.